The predicted molar refractivity (Wildman–Crippen MR) is 256 cm³/mol. The van der Waals surface area contributed by atoms with Gasteiger partial charge in [0.05, 0.1) is 22.3 Å². The summed E-state index contributed by atoms with van der Waals surface area (Å²) in [7, 11) is 0. The first-order valence-electron chi connectivity index (χ1n) is 20.6. The number of thiophene rings is 1. The predicted octanol–water partition coefficient (Wildman–Crippen LogP) is 14.4. The van der Waals surface area contributed by atoms with Crippen LogP contribution < -0.4 is 5.32 Å². The van der Waals surface area contributed by atoms with Gasteiger partial charge in [-0.25, -0.2) is 9.98 Å². The number of furan rings is 1. The zero-order valence-electron chi connectivity index (χ0n) is 32.7. The Morgan fingerprint density at radius 3 is 2.11 bits per heavy atom. The number of hydrogen-bond donors (Lipinski definition) is 1. The number of benzene rings is 9. The van der Waals surface area contributed by atoms with Crippen molar-refractivity contribution in [3.05, 3.63) is 211 Å². The molecule has 1 unspecified atom stereocenters. The summed E-state index contributed by atoms with van der Waals surface area (Å²) in [4.78, 5) is 11.2. The lowest BCUT2D eigenvalue weighted by Gasteiger charge is -2.25. The summed E-state index contributed by atoms with van der Waals surface area (Å²) < 4.78 is 11.3. The Kier molecular flexibility index (Phi) is 7.47. The summed E-state index contributed by atoms with van der Waals surface area (Å²) in [5.74, 6) is 1.43. The number of rotatable bonds is 5. The molecule has 0 spiro atoms. The number of nitrogens with one attached hydrogen (secondary N) is 1. The summed E-state index contributed by atoms with van der Waals surface area (Å²) in [6.07, 6.45) is -0.462. The molecule has 0 saturated carbocycles. The van der Waals surface area contributed by atoms with Crippen molar-refractivity contribution in [1.82, 2.24) is 9.88 Å². The highest BCUT2D eigenvalue weighted by atomic mass is 32.1. The molecule has 3 aromatic heterocycles. The standard InChI is InChI=1S/C55H34N4OS/c1-2-13-33(14-3-1)34-17-12-18-37(29-34)53-56-54(38-25-26-41-40-20-7-10-23-47(40)60-48(41)32-38)58-55(57-53)52-45(27-28-50-51(52)42-21-8-11-24-49(42)61-50)59-44-22-9-6-19-39(44)43-30-35-15-4-5-16-36(35)31-46(43)59/h1-32,54H,(H,56,57,58). The Labute approximate surface area is 354 Å². The molecule has 0 fully saturated rings. The van der Waals surface area contributed by atoms with Gasteiger partial charge in [-0.15, -0.1) is 11.3 Å². The lowest BCUT2D eigenvalue weighted by atomic mass is 10.0. The average molecular weight is 799 g/mol. The number of fused-ring (bicyclic) bond motifs is 10. The molecule has 13 rings (SSSR count). The van der Waals surface area contributed by atoms with Crippen molar-refractivity contribution in [2.45, 2.75) is 6.17 Å². The van der Waals surface area contributed by atoms with E-state index >= 15 is 0 Å². The molecule has 5 nitrogen and oxygen atoms in total. The molecule has 6 heteroatoms. The van der Waals surface area contributed by atoms with Crippen molar-refractivity contribution in [3.8, 4) is 16.8 Å². The van der Waals surface area contributed by atoms with Gasteiger partial charge in [0.1, 0.15) is 23.2 Å². The normalized spacial score (nSPS) is 14.4. The van der Waals surface area contributed by atoms with Gasteiger partial charge in [0, 0.05) is 52.8 Å². The Hall–Kier alpha value is -7.80. The molecule has 1 aliphatic rings. The smallest absolute Gasteiger partial charge is 0.162 e. The van der Waals surface area contributed by atoms with Crippen LogP contribution in [-0.4, -0.2) is 16.2 Å². The quantitative estimate of drug-likeness (QED) is 0.189. The molecule has 9 aromatic carbocycles. The van der Waals surface area contributed by atoms with Gasteiger partial charge < -0.3 is 14.3 Å². The van der Waals surface area contributed by atoms with Gasteiger partial charge in [-0.2, -0.15) is 0 Å². The van der Waals surface area contributed by atoms with Crippen LogP contribution >= 0.6 is 11.3 Å². The SMILES string of the molecule is c1ccc(-c2cccc(C3=NC(c4c(-n5c6ccccc6c6cc7ccccc7cc65)ccc5sc6ccccc6c45)=NC(c4ccc5c(c4)oc4ccccc45)N3)c2)cc1. The topological polar surface area (TPSA) is 54.8 Å². The third kappa shape index (κ3) is 5.39. The highest BCUT2D eigenvalue weighted by Gasteiger charge is 2.28. The molecule has 0 aliphatic carbocycles. The Bertz CT molecular complexity index is 3810. The third-order valence-corrected chi connectivity index (χ3v) is 13.4. The van der Waals surface area contributed by atoms with Crippen LogP contribution in [0.4, 0.5) is 0 Å². The fourth-order valence-corrected chi connectivity index (χ4v) is 10.5. The molecule has 1 aliphatic heterocycles. The van der Waals surface area contributed by atoms with Crippen molar-refractivity contribution < 1.29 is 4.42 Å². The van der Waals surface area contributed by atoms with Crippen molar-refractivity contribution in [1.29, 1.82) is 0 Å². The summed E-state index contributed by atoms with van der Waals surface area (Å²) in [6, 6.07) is 69.2. The van der Waals surface area contributed by atoms with E-state index in [0.29, 0.717) is 5.84 Å². The van der Waals surface area contributed by atoms with E-state index < -0.39 is 6.17 Å². The van der Waals surface area contributed by atoms with Gasteiger partial charge in [-0.3, -0.25) is 0 Å². The first-order chi connectivity index (χ1) is 30.2. The number of hydrogen-bond acceptors (Lipinski definition) is 5. The minimum atomic E-state index is -0.462. The first kappa shape index (κ1) is 34.1. The number of aromatic nitrogens is 1. The van der Waals surface area contributed by atoms with Gasteiger partial charge >= 0.3 is 0 Å². The minimum absolute atomic E-state index is 0.462. The van der Waals surface area contributed by atoms with Crippen LogP contribution in [0.2, 0.25) is 0 Å². The van der Waals surface area contributed by atoms with Crippen LogP contribution in [0.3, 0.4) is 0 Å². The van der Waals surface area contributed by atoms with Gasteiger partial charge in [0.25, 0.3) is 0 Å². The third-order valence-electron chi connectivity index (χ3n) is 12.2. The molecule has 1 atom stereocenters. The molecule has 286 valence electrons. The van der Waals surface area contributed by atoms with E-state index in [4.69, 9.17) is 14.4 Å². The molecular weight excluding hydrogens is 765 g/mol. The zero-order chi connectivity index (χ0) is 40.0. The van der Waals surface area contributed by atoms with Crippen LogP contribution in [0.1, 0.15) is 22.9 Å². The number of nitrogens with zero attached hydrogens (tertiary/aromatic N) is 3. The van der Waals surface area contributed by atoms with E-state index in [1.54, 1.807) is 0 Å². The van der Waals surface area contributed by atoms with Crippen molar-refractivity contribution >= 4 is 97.7 Å². The highest BCUT2D eigenvalue weighted by Crippen LogP contribution is 2.43. The maximum atomic E-state index is 6.44. The maximum absolute atomic E-state index is 6.44. The van der Waals surface area contributed by atoms with Crippen molar-refractivity contribution in [2.75, 3.05) is 0 Å². The molecular formula is C55H34N4OS. The monoisotopic (exact) mass is 798 g/mol. The summed E-state index contributed by atoms with van der Waals surface area (Å²) >= 11 is 1.81. The minimum Gasteiger partial charge on any atom is -0.456 e. The fraction of sp³-hybridized carbons (Fsp3) is 0.0182. The Morgan fingerprint density at radius 1 is 0.492 bits per heavy atom. The molecule has 1 N–H and O–H groups in total. The van der Waals surface area contributed by atoms with E-state index in [2.05, 4.69) is 192 Å². The van der Waals surface area contributed by atoms with Gasteiger partial charge in [0.2, 0.25) is 0 Å². The van der Waals surface area contributed by atoms with Crippen LogP contribution in [0.25, 0.3) is 91.5 Å². The summed E-state index contributed by atoms with van der Waals surface area (Å²) in [6.45, 7) is 0. The molecule has 0 bridgehead atoms. The summed E-state index contributed by atoms with van der Waals surface area (Å²) in [5.41, 5.74) is 10.2. The maximum Gasteiger partial charge on any atom is 0.162 e. The van der Waals surface area contributed by atoms with E-state index in [-0.39, 0.29) is 0 Å². The van der Waals surface area contributed by atoms with Gasteiger partial charge in [-0.05, 0) is 76.5 Å². The largest absolute Gasteiger partial charge is 0.456 e. The molecule has 0 saturated heterocycles. The lowest BCUT2D eigenvalue weighted by Crippen LogP contribution is -2.33. The Balaban J connectivity index is 1.11. The molecule has 0 radical (unpaired) electrons. The Morgan fingerprint density at radius 2 is 1.21 bits per heavy atom. The van der Waals surface area contributed by atoms with Crippen LogP contribution in [0.15, 0.2) is 209 Å². The van der Waals surface area contributed by atoms with E-state index in [1.807, 2.05) is 23.5 Å². The second kappa shape index (κ2) is 13.4. The van der Waals surface area contributed by atoms with Gasteiger partial charge in [-0.1, -0.05) is 140 Å². The number of amidine groups is 2. The first-order valence-corrected chi connectivity index (χ1v) is 21.4. The molecule has 61 heavy (non-hydrogen) atoms. The molecule has 0 amide bonds. The van der Waals surface area contributed by atoms with E-state index in [0.717, 1.165) is 77.7 Å². The van der Waals surface area contributed by atoms with Gasteiger partial charge in [0.15, 0.2) is 5.84 Å². The highest BCUT2D eigenvalue weighted by molar-refractivity contribution is 7.25. The zero-order valence-corrected chi connectivity index (χ0v) is 33.5. The average Bonchev–Trinajstić information content (AvgIpc) is 4.00. The van der Waals surface area contributed by atoms with E-state index in [9.17, 15) is 0 Å². The second-order valence-corrected chi connectivity index (χ2v) is 16.8. The van der Waals surface area contributed by atoms with Crippen LogP contribution in [0, 0.1) is 0 Å². The molecule has 4 heterocycles. The number of aliphatic imine (C=N–C) groups is 2. The fourth-order valence-electron chi connectivity index (χ4n) is 9.40. The molecule has 12 aromatic rings. The lowest BCUT2D eigenvalue weighted by molar-refractivity contribution is 0.655. The second-order valence-electron chi connectivity index (χ2n) is 15.8. The van der Waals surface area contributed by atoms with Crippen molar-refractivity contribution in [3.63, 3.8) is 0 Å². The number of para-hydroxylation sites is 2. The van der Waals surface area contributed by atoms with Crippen LogP contribution in [0.5, 0.6) is 0 Å². The van der Waals surface area contributed by atoms with E-state index in [1.165, 1.54) is 36.3 Å². The van der Waals surface area contributed by atoms with Crippen molar-refractivity contribution in [2.24, 2.45) is 9.98 Å². The summed E-state index contributed by atoms with van der Waals surface area (Å²) in [5, 5.41) is 13.1. The van der Waals surface area contributed by atoms with Crippen LogP contribution in [-0.2, 0) is 0 Å².